The van der Waals surface area contributed by atoms with Crippen molar-refractivity contribution in [1.82, 2.24) is 9.78 Å². The Hall–Kier alpha value is -1.03. The normalized spacial score (nSPS) is 12.6. The van der Waals surface area contributed by atoms with Gasteiger partial charge in [0.05, 0.1) is 25.0 Å². The number of ether oxygens (including phenoxy) is 1. The molecule has 0 aliphatic heterocycles. The number of nitrogens with zero attached hydrogens (tertiary/aromatic N) is 2. The predicted molar refractivity (Wildman–Crippen MR) is 80.6 cm³/mol. The fourth-order valence-electron chi connectivity index (χ4n) is 2.16. The van der Waals surface area contributed by atoms with Crippen LogP contribution in [0.5, 0.6) is 0 Å². The van der Waals surface area contributed by atoms with Crippen LogP contribution in [0.15, 0.2) is 12.4 Å². The Bertz CT molecular complexity index is 325. The number of aromatic nitrogens is 2. The summed E-state index contributed by atoms with van der Waals surface area (Å²) < 4.78 is 6.96. The van der Waals surface area contributed by atoms with Crippen molar-refractivity contribution in [3.8, 4) is 0 Å². The maximum absolute atomic E-state index is 5.04. The van der Waals surface area contributed by atoms with E-state index in [-0.39, 0.29) is 0 Å². The Morgan fingerprint density at radius 2 is 2.11 bits per heavy atom. The molecule has 1 atom stereocenters. The number of hydrogen-bond acceptors (Lipinski definition) is 3. The van der Waals surface area contributed by atoms with Crippen LogP contribution in [0.25, 0.3) is 0 Å². The first-order valence-corrected chi connectivity index (χ1v) is 7.54. The van der Waals surface area contributed by atoms with Crippen molar-refractivity contribution in [1.29, 1.82) is 0 Å². The maximum atomic E-state index is 5.04. The van der Waals surface area contributed by atoms with Gasteiger partial charge in [0, 0.05) is 19.3 Å². The third kappa shape index (κ3) is 7.21. The standard InChI is InChI=1S/C15H29N3O/c1-4-5-6-7-8-9-14(2)17-15-12-16-18(13-15)10-11-19-3/h12-14,17H,4-11H2,1-3H3. The van der Waals surface area contributed by atoms with Crippen LogP contribution in [0.4, 0.5) is 5.69 Å². The van der Waals surface area contributed by atoms with Crippen molar-refractivity contribution in [2.45, 2.75) is 65.0 Å². The summed E-state index contributed by atoms with van der Waals surface area (Å²) >= 11 is 0. The molecule has 0 spiro atoms. The minimum absolute atomic E-state index is 0.515. The molecule has 1 N–H and O–H groups in total. The lowest BCUT2D eigenvalue weighted by Crippen LogP contribution is -2.14. The molecule has 0 radical (unpaired) electrons. The summed E-state index contributed by atoms with van der Waals surface area (Å²) in [5.41, 5.74) is 1.11. The van der Waals surface area contributed by atoms with Crippen LogP contribution in [0, 0.1) is 0 Å². The largest absolute Gasteiger partial charge is 0.383 e. The summed E-state index contributed by atoms with van der Waals surface area (Å²) in [6, 6.07) is 0.515. The van der Waals surface area contributed by atoms with Gasteiger partial charge in [-0.3, -0.25) is 4.68 Å². The number of rotatable bonds is 11. The fraction of sp³-hybridized carbons (Fsp3) is 0.800. The van der Waals surface area contributed by atoms with Gasteiger partial charge in [0.2, 0.25) is 0 Å². The molecule has 4 nitrogen and oxygen atoms in total. The van der Waals surface area contributed by atoms with Crippen molar-refractivity contribution in [2.24, 2.45) is 0 Å². The second-order valence-electron chi connectivity index (χ2n) is 5.23. The highest BCUT2D eigenvalue weighted by Crippen LogP contribution is 2.12. The van der Waals surface area contributed by atoms with Crippen LogP contribution in [0.1, 0.15) is 52.4 Å². The Balaban J connectivity index is 2.16. The van der Waals surface area contributed by atoms with E-state index in [2.05, 4.69) is 24.3 Å². The zero-order valence-electron chi connectivity index (χ0n) is 12.7. The van der Waals surface area contributed by atoms with Gasteiger partial charge < -0.3 is 10.1 Å². The molecule has 0 fully saturated rings. The molecule has 1 unspecified atom stereocenters. The first kappa shape index (κ1) is 16.0. The van der Waals surface area contributed by atoms with E-state index in [1.54, 1.807) is 7.11 Å². The van der Waals surface area contributed by atoms with Gasteiger partial charge in [-0.1, -0.05) is 39.0 Å². The molecule has 0 aliphatic carbocycles. The Labute approximate surface area is 117 Å². The van der Waals surface area contributed by atoms with Crippen molar-refractivity contribution in [3.05, 3.63) is 12.4 Å². The molecule has 110 valence electrons. The summed E-state index contributed by atoms with van der Waals surface area (Å²) in [5.74, 6) is 0. The highest BCUT2D eigenvalue weighted by Gasteiger charge is 2.04. The van der Waals surface area contributed by atoms with Gasteiger partial charge in [-0.15, -0.1) is 0 Å². The van der Waals surface area contributed by atoms with Crippen molar-refractivity contribution < 1.29 is 4.74 Å². The second kappa shape index (κ2) is 9.84. The van der Waals surface area contributed by atoms with Crippen LogP contribution in [-0.4, -0.2) is 29.5 Å². The van der Waals surface area contributed by atoms with E-state index in [1.165, 1.54) is 38.5 Å². The van der Waals surface area contributed by atoms with Gasteiger partial charge in [0.1, 0.15) is 0 Å². The SMILES string of the molecule is CCCCCCCC(C)Nc1cnn(CCOC)c1. The average molecular weight is 267 g/mol. The molecule has 19 heavy (non-hydrogen) atoms. The lowest BCUT2D eigenvalue weighted by Gasteiger charge is -2.13. The Morgan fingerprint density at radius 3 is 2.84 bits per heavy atom. The quantitative estimate of drug-likeness (QED) is 0.621. The third-order valence-electron chi connectivity index (χ3n) is 3.31. The summed E-state index contributed by atoms with van der Waals surface area (Å²) in [6.07, 6.45) is 11.9. The van der Waals surface area contributed by atoms with E-state index in [9.17, 15) is 0 Å². The number of unbranched alkanes of at least 4 members (excludes halogenated alkanes) is 4. The molecular weight excluding hydrogens is 238 g/mol. The van der Waals surface area contributed by atoms with Crippen molar-refractivity contribution >= 4 is 5.69 Å². The second-order valence-corrected chi connectivity index (χ2v) is 5.23. The van der Waals surface area contributed by atoms with Crippen LogP contribution >= 0.6 is 0 Å². The van der Waals surface area contributed by atoms with Crippen LogP contribution in [0.2, 0.25) is 0 Å². The molecule has 4 heteroatoms. The van der Waals surface area contributed by atoms with Gasteiger partial charge >= 0.3 is 0 Å². The molecule has 0 bridgehead atoms. The lowest BCUT2D eigenvalue weighted by molar-refractivity contribution is 0.183. The highest BCUT2D eigenvalue weighted by atomic mass is 16.5. The van der Waals surface area contributed by atoms with Crippen molar-refractivity contribution in [3.63, 3.8) is 0 Å². The van der Waals surface area contributed by atoms with Gasteiger partial charge in [0.15, 0.2) is 0 Å². The molecule has 0 aromatic carbocycles. The molecule has 1 heterocycles. The summed E-state index contributed by atoms with van der Waals surface area (Å²) in [7, 11) is 1.71. The Kier molecular flexibility index (Phi) is 8.30. The van der Waals surface area contributed by atoms with Crippen LogP contribution < -0.4 is 5.32 Å². The number of anilines is 1. The molecule has 0 saturated heterocycles. The molecule has 1 rings (SSSR count). The van der Waals surface area contributed by atoms with Gasteiger partial charge in [-0.25, -0.2) is 0 Å². The molecule has 1 aromatic heterocycles. The van der Waals surface area contributed by atoms with Gasteiger partial charge in [-0.2, -0.15) is 5.10 Å². The van der Waals surface area contributed by atoms with Gasteiger partial charge in [0.25, 0.3) is 0 Å². The summed E-state index contributed by atoms with van der Waals surface area (Å²) in [6.45, 7) is 6.01. The predicted octanol–water partition coefficient (Wildman–Crippen LogP) is 3.69. The first-order valence-electron chi connectivity index (χ1n) is 7.54. The molecule has 1 aromatic rings. The van der Waals surface area contributed by atoms with E-state index in [0.717, 1.165) is 12.2 Å². The minimum Gasteiger partial charge on any atom is -0.383 e. The van der Waals surface area contributed by atoms with Crippen LogP contribution in [-0.2, 0) is 11.3 Å². The summed E-state index contributed by atoms with van der Waals surface area (Å²) in [5, 5.41) is 7.81. The molecule has 0 saturated carbocycles. The smallest absolute Gasteiger partial charge is 0.0728 e. The monoisotopic (exact) mass is 267 g/mol. The Morgan fingerprint density at radius 1 is 1.32 bits per heavy atom. The van der Waals surface area contributed by atoms with Gasteiger partial charge in [-0.05, 0) is 13.3 Å². The fourth-order valence-corrected chi connectivity index (χ4v) is 2.16. The summed E-state index contributed by atoms with van der Waals surface area (Å²) in [4.78, 5) is 0. The highest BCUT2D eigenvalue weighted by molar-refractivity contribution is 5.38. The topological polar surface area (TPSA) is 39.1 Å². The van der Waals surface area contributed by atoms with E-state index >= 15 is 0 Å². The zero-order chi connectivity index (χ0) is 13.9. The van der Waals surface area contributed by atoms with E-state index in [1.807, 2.05) is 17.1 Å². The maximum Gasteiger partial charge on any atom is 0.0728 e. The third-order valence-corrected chi connectivity index (χ3v) is 3.31. The lowest BCUT2D eigenvalue weighted by atomic mass is 10.1. The van der Waals surface area contributed by atoms with Crippen LogP contribution in [0.3, 0.4) is 0 Å². The van der Waals surface area contributed by atoms with E-state index in [0.29, 0.717) is 12.6 Å². The van der Waals surface area contributed by atoms with E-state index in [4.69, 9.17) is 4.74 Å². The first-order chi connectivity index (χ1) is 9.26. The number of hydrogen-bond donors (Lipinski definition) is 1. The average Bonchev–Trinajstić information content (AvgIpc) is 2.83. The minimum atomic E-state index is 0.515. The molecule has 0 aliphatic rings. The van der Waals surface area contributed by atoms with Crippen molar-refractivity contribution in [2.75, 3.05) is 19.0 Å². The van der Waals surface area contributed by atoms with E-state index < -0.39 is 0 Å². The number of nitrogens with one attached hydrogen (secondary N) is 1. The molecular formula is C15H29N3O. The number of methoxy groups -OCH3 is 1. The zero-order valence-corrected chi connectivity index (χ0v) is 12.7. The molecule has 0 amide bonds.